The molecule has 0 aliphatic rings. The average molecular weight is 442 g/mol. The number of aromatic nitrogens is 2. The van der Waals surface area contributed by atoms with Crippen LogP contribution in [0, 0.1) is 0 Å². The van der Waals surface area contributed by atoms with E-state index >= 15 is 0 Å². The monoisotopic (exact) mass is 442 g/mol. The Balaban J connectivity index is 1.74. The van der Waals surface area contributed by atoms with Crippen LogP contribution in [0.1, 0.15) is 15.6 Å². The molecule has 0 fully saturated rings. The van der Waals surface area contributed by atoms with Gasteiger partial charge in [-0.15, -0.1) is 11.3 Å². The largest absolute Gasteiger partial charge is 0.449 e. The Morgan fingerprint density at radius 2 is 1.80 bits per heavy atom. The number of hydrogen-bond donors (Lipinski definition) is 4. The highest BCUT2D eigenvalue weighted by molar-refractivity contribution is 7.11. The zero-order valence-electron chi connectivity index (χ0n) is 15.3. The molecule has 1 aromatic carbocycles. The topological polar surface area (TPSA) is 130 Å². The third-order valence-corrected chi connectivity index (χ3v) is 5.31. The quantitative estimate of drug-likeness (QED) is 0.434. The number of nitrogens with one attached hydrogen (secondary N) is 1. The number of nitrogens with zero attached hydrogens (tertiary/aromatic N) is 2. The van der Waals surface area contributed by atoms with Crippen LogP contribution in [0.5, 0.6) is 0 Å². The van der Waals surface area contributed by atoms with Gasteiger partial charge in [-0.2, -0.15) is 13.2 Å². The number of hydrogen-bond acceptors (Lipinski definition) is 6. The summed E-state index contributed by atoms with van der Waals surface area (Å²) >= 11 is 1.16. The van der Waals surface area contributed by atoms with E-state index in [1.165, 1.54) is 6.07 Å². The highest BCUT2D eigenvalue weighted by Crippen LogP contribution is 2.32. The minimum absolute atomic E-state index is 0.0527. The summed E-state index contributed by atoms with van der Waals surface area (Å²) in [5, 5.41) is 21.2. The molecule has 0 radical (unpaired) electrons. The molecule has 0 aliphatic heterocycles. The van der Waals surface area contributed by atoms with Gasteiger partial charge in [-0.05, 0) is 24.3 Å². The minimum atomic E-state index is -4.62. The summed E-state index contributed by atoms with van der Waals surface area (Å²) in [5.74, 6) is -3.25. The first-order chi connectivity index (χ1) is 14.1. The Hall–Kier alpha value is -2.96. The fourth-order valence-electron chi connectivity index (χ4n) is 2.79. The highest BCUT2D eigenvalue weighted by Gasteiger charge is 2.37. The number of aliphatic hydroxyl groups excluding tert-OH is 2. The number of para-hydroxylation sites is 2. The van der Waals surface area contributed by atoms with Gasteiger partial charge in [-0.25, -0.2) is 4.98 Å². The third kappa shape index (κ3) is 4.61. The molecule has 5 N–H and O–H groups in total. The van der Waals surface area contributed by atoms with Crippen LogP contribution in [-0.4, -0.2) is 43.8 Å². The molecule has 12 heteroatoms. The van der Waals surface area contributed by atoms with Crippen molar-refractivity contribution in [2.75, 3.05) is 0 Å². The predicted octanol–water partition coefficient (Wildman–Crippen LogP) is 0.988. The van der Waals surface area contributed by atoms with E-state index in [0.29, 0.717) is 15.3 Å². The highest BCUT2D eigenvalue weighted by atomic mass is 32.1. The fraction of sp³-hybridized carbons (Fsp3) is 0.278. The second-order valence-corrected chi connectivity index (χ2v) is 7.64. The van der Waals surface area contributed by atoms with E-state index in [2.05, 4.69) is 10.3 Å². The Kier molecular flexibility index (Phi) is 6.10. The lowest BCUT2D eigenvalue weighted by atomic mass is 10.2. The molecule has 2 aromatic heterocycles. The van der Waals surface area contributed by atoms with Crippen molar-refractivity contribution in [1.82, 2.24) is 14.9 Å². The number of imidazole rings is 1. The van der Waals surface area contributed by atoms with Crippen molar-refractivity contribution in [2.24, 2.45) is 5.73 Å². The van der Waals surface area contributed by atoms with Gasteiger partial charge in [0.25, 0.3) is 5.91 Å². The fourth-order valence-corrected chi connectivity index (χ4v) is 3.73. The van der Waals surface area contributed by atoms with Crippen molar-refractivity contribution in [3.05, 3.63) is 52.0 Å². The number of thiophene rings is 1. The number of rotatable bonds is 7. The first kappa shape index (κ1) is 21.7. The van der Waals surface area contributed by atoms with E-state index in [4.69, 9.17) is 5.73 Å². The van der Waals surface area contributed by atoms with Gasteiger partial charge >= 0.3 is 6.18 Å². The minimum Gasteiger partial charge on any atom is -0.380 e. The Morgan fingerprint density at radius 1 is 1.13 bits per heavy atom. The number of halogens is 3. The van der Waals surface area contributed by atoms with Crippen LogP contribution in [0.4, 0.5) is 13.2 Å². The maximum absolute atomic E-state index is 13.4. The van der Waals surface area contributed by atoms with Crippen molar-refractivity contribution >= 4 is 34.2 Å². The molecule has 3 aromatic rings. The molecule has 2 atom stereocenters. The lowest BCUT2D eigenvalue weighted by Gasteiger charge is -2.14. The zero-order valence-corrected chi connectivity index (χ0v) is 16.1. The van der Waals surface area contributed by atoms with Gasteiger partial charge in [-0.1, -0.05) is 12.1 Å². The maximum Gasteiger partial charge on any atom is 0.449 e. The van der Waals surface area contributed by atoms with Gasteiger partial charge in [-0.3, -0.25) is 9.59 Å². The summed E-state index contributed by atoms with van der Waals surface area (Å²) in [7, 11) is 0. The van der Waals surface area contributed by atoms with Gasteiger partial charge in [0, 0.05) is 9.75 Å². The molecule has 2 amide bonds. The third-order valence-electron chi connectivity index (χ3n) is 4.24. The second-order valence-electron chi connectivity index (χ2n) is 6.39. The van der Waals surface area contributed by atoms with Crippen LogP contribution in [-0.2, 0) is 28.9 Å². The van der Waals surface area contributed by atoms with Crippen molar-refractivity contribution in [3.63, 3.8) is 0 Å². The van der Waals surface area contributed by atoms with Crippen LogP contribution >= 0.6 is 11.3 Å². The van der Waals surface area contributed by atoms with Crippen LogP contribution in [0.3, 0.4) is 0 Å². The molecule has 3 rings (SSSR count). The van der Waals surface area contributed by atoms with E-state index in [-0.39, 0.29) is 18.6 Å². The molecule has 0 saturated carbocycles. The van der Waals surface area contributed by atoms with Crippen molar-refractivity contribution in [1.29, 1.82) is 0 Å². The number of benzene rings is 1. The molecule has 2 heterocycles. The second kappa shape index (κ2) is 8.42. The average Bonchev–Trinajstić information content (AvgIpc) is 3.29. The van der Waals surface area contributed by atoms with E-state index in [1.807, 2.05) is 0 Å². The van der Waals surface area contributed by atoms with Crippen molar-refractivity contribution in [3.8, 4) is 0 Å². The molecule has 8 nitrogen and oxygen atoms in total. The van der Waals surface area contributed by atoms with Crippen LogP contribution < -0.4 is 11.1 Å². The Morgan fingerprint density at radius 3 is 2.47 bits per heavy atom. The molecule has 0 bridgehead atoms. The number of amides is 2. The number of carbonyl (C=O) groups is 2. The number of carbonyl (C=O) groups excluding carboxylic acids is 2. The number of nitrogens with two attached hydrogens (primary N) is 1. The molecule has 30 heavy (non-hydrogen) atoms. The SMILES string of the molecule is NC(=O)C(O)[C@@H](O)C(=O)NCc1ccc(Cn2c(C(F)(F)F)nc3ccccc32)s1. The van der Waals surface area contributed by atoms with Gasteiger partial charge in [0.2, 0.25) is 11.7 Å². The van der Waals surface area contributed by atoms with Crippen LogP contribution in [0.15, 0.2) is 36.4 Å². The lowest BCUT2D eigenvalue weighted by Crippen LogP contribution is -2.47. The van der Waals surface area contributed by atoms with E-state index in [9.17, 15) is 33.0 Å². The zero-order chi connectivity index (χ0) is 22.1. The predicted molar refractivity (Wildman–Crippen MR) is 101 cm³/mol. The maximum atomic E-state index is 13.4. The van der Waals surface area contributed by atoms with Gasteiger partial charge in [0.15, 0.2) is 12.2 Å². The Bertz CT molecular complexity index is 1080. The normalized spacial score (nSPS) is 13.9. The number of aliphatic hydroxyl groups is 2. The smallest absolute Gasteiger partial charge is 0.380 e. The molecule has 0 aliphatic carbocycles. The molecule has 0 saturated heterocycles. The van der Waals surface area contributed by atoms with E-state index in [0.717, 1.165) is 15.9 Å². The van der Waals surface area contributed by atoms with E-state index < -0.39 is 36.0 Å². The summed E-state index contributed by atoms with van der Waals surface area (Å²) < 4.78 is 41.3. The molecule has 0 spiro atoms. The molecule has 1 unspecified atom stereocenters. The lowest BCUT2D eigenvalue weighted by molar-refractivity contribution is -0.146. The number of primary amides is 1. The molecular weight excluding hydrogens is 425 g/mol. The first-order valence-corrected chi connectivity index (χ1v) is 9.43. The number of fused-ring (bicyclic) bond motifs is 1. The summed E-state index contributed by atoms with van der Waals surface area (Å²) in [6.07, 6.45) is -8.68. The molecule has 160 valence electrons. The molecular formula is C18H17F3N4O4S. The summed E-state index contributed by atoms with van der Waals surface area (Å²) in [6.45, 7) is -0.125. The first-order valence-electron chi connectivity index (χ1n) is 8.61. The summed E-state index contributed by atoms with van der Waals surface area (Å²) in [5.41, 5.74) is 5.39. The summed E-state index contributed by atoms with van der Waals surface area (Å²) in [6, 6.07) is 9.52. The van der Waals surface area contributed by atoms with Gasteiger partial charge in [0.05, 0.1) is 24.1 Å². The van der Waals surface area contributed by atoms with Crippen molar-refractivity contribution in [2.45, 2.75) is 31.5 Å². The van der Waals surface area contributed by atoms with Gasteiger partial charge in [0.1, 0.15) is 0 Å². The van der Waals surface area contributed by atoms with Crippen molar-refractivity contribution < 1.29 is 33.0 Å². The van der Waals surface area contributed by atoms with E-state index in [1.54, 1.807) is 30.3 Å². The number of alkyl halides is 3. The Labute approximate surface area is 171 Å². The van der Waals surface area contributed by atoms with Crippen LogP contribution in [0.25, 0.3) is 11.0 Å². The standard InChI is InChI=1S/C18H17F3N4O4S/c19-18(20,21)17-24-11-3-1-2-4-12(11)25(17)8-10-6-5-9(30-10)7-23-16(29)14(27)13(26)15(22)28/h1-6,13-14,26-27H,7-8H2,(H2,22,28)(H,23,29)/t13?,14-/m1/s1. The van der Waals surface area contributed by atoms with Gasteiger partial charge < -0.3 is 25.8 Å². The van der Waals surface area contributed by atoms with Crippen LogP contribution in [0.2, 0.25) is 0 Å². The summed E-state index contributed by atoms with van der Waals surface area (Å²) in [4.78, 5) is 27.5.